The molecule has 0 bridgehead atoms. The molecular formula is C15H13Br2NO2. The van der Waals surface area contributed by atoms with E-state index < -0.39 is 0 Å². The van der Waals surface area contributed by atoms with Gasteiger partial charge in [-0.15, -0.1) is 0 Å². The van der Waals surface area contributed by atoms with Crippen molar-refractivity contribution in [1.82, 2.24) is 0 Å². The maximum Gasteiger partial charge on any atom is 0.256 e. The lowest BCUT2D eigenvalue weighted by Gasteiger charge is -2.11. The van der Waals surface area contributed by atoms with Gasteiger partial charge in [0.15, 0.2) is 0 Å². The zero-order chi connectivity index (χ0) is 14.9. The van der Waals surface area contributed by atoms with Gasteiger partial charge in [0.2, 0.25) is 0 Å². The summed E-state index contributed by atoms with van der Waals surface area (Å²) < 4.78 is 1.57. The number of hydrogen-bond donors (Lipinski definition) is 2. The van der Waals surface area contributed by atoms with Gasteiger partial charge in [-0.05, 0) is 71.2 Å². The van der Waals surface area contributed by atoms with Crippen LogP contribution in [0.4, 0.5) is 5.69 Å². The number of phenols is 1. The number of carbonyl (C=O) groups is 1. The number of benzene rings is 2. The average molecular weight is 399 g/mol. The van der Waals surface area contributed by atoms with Crippen LogP contribution in [0.15, 0.2) is 39.3 Å². The number of aryl methyl sites for hydroxylation is 2. The average Bonchev–Trinajstić information content (AvgIpc) is 2.38. The zero-order valence-corrected chi connectivity index (χ0v) is 14.2. The summed E-state index contributed by atoms with van der Waals surface area (Å²) in [5.41, 5.74) is 2.77. The molecule has 0 unspecified atom stereocenters. The molecule has 0 saturated carbocycles. The Kier molecular flexibility index (Phi) is 4.50. The predicted molar refractivity (Wildman–Crippen MR) is 87.4 cm³/mol. The summed E-state index contributed by atoms with van der Waals surface area (Å²) in [6.07, 6.45) is 0. The second-order valence-corrected chi connectivity index (χ2v) is 6.30. The van der Waals surface area contributed by atoms with Gasteiger partial charge < -0.3 is 10.4 Å². The molecule has 0 aliphatic heterocycles. The third-order valence-electron chi connectivity index (χ3n) is 2.96. The first-order chi connectivity index (χ1) is 9.38. The van der Waals surface area contributed by atoms with E-state index in [-0.39, 0.29) is 11.7 Å². The first-order valence-corrected chi connectivity index (χ1v) is 7.53. The summed E-state index contributed by atoms with van der Waals surface area (Å²) >= 11 is 6.72. The second kappa shape index (κ2) is 5.97. The van der Waals surface area contributed by atoms with Crippen LogP contribution in [0.5, 0.6) is 5.75 Å². The highest BCUT2D eigenvalue weighted by Gasteiger charge is 2.13. The summed E-state index contributed by atoms with van der Waals surface area (Å²) in [5.74, 6) is 0.0236. The standard InChI is InChI=1S/C15H13Br2NO2/c1-8-6-14(19)9(2)5-13(8)18-15(20)11-7-10(16)3-4-12(11)17/h3-7,19H,1-2H3,(H,18,20). The van der Waals surface area contributed by atoms with Gasteiger partial charge in [0.1, 0.15) is 5.75 Å². The third kappa shape index (κ3) is 3.22. The van der Waals surface area contributed by atoms with Crippen molar-refractivity contribution in [1.29, 1.82) is 0 Å². The molecule has 104 valence electrons. The Morgan fingerprint density at radius 1 is 1.10 bits per heavy atom. The van der Waals surface area contributed by atoms with E-state index in [1.54, 1.807) is 25.1 Å². The van der Waals surface area contributed by atoms with Gasteiger partial charge in [0, 0.05) is 14.6 Å². The number of aromatic hydroxyl groups is 1. The molecule has 2 N–H and O–H groups in total. The highest BCUT2D eigenvalue weighted by Crippen LogP contribution is 2.27. The van der Waals surface area contributed by atoms with E-state index in [9.17, 15) is 9.90 Å². The quantitative estimate of drug-likeness (QED) is 0.714. The van der Waals surface area contributed by atoms with Crippen molar-refractivity contribution < 1.29 is 9.90 Å². The van der Waals surface area contributed by atoms with E-state index in [4.69, 9.17) is 0 Å². The number of nitrogens with one attached hydrogen (secondary N) is 1. The van der Waals surface area contributed by atoms with Crippen LogP contribution in [0, 0.1) is 13.8 Å². The largest absolute Gasteiger partial charge is 0.508 e. The number of anilines is 1. The Bertz CT molecular complexity index is 684. The molecule has 0 atom stereocenters. The van der Waals surface area contributed by atoms with Gasteiger partial charge in [-0.2, -0.15) is 0 Å². The molecule has 0 radical (unpaired) electrons. The zero-order valence-electron chi connectivity index (χ0n) is 11.0. The van der Waals surface area contributed by atoms with Crippen LogP contribution < -0.4 is 5.32 Å². The minimum Gasteiger partial charge on any atom is -0.508 e. The van der Waals surface area contributed by atoms with E-state index in [1.165, 1.54) is 0 Å². The molecule has 0 fully saturated rings. The van der Waals surface area contributed by atoms with E-state index in [0.29, 0.717) is 11.3 Å². The van der Waals surface area contributed by atoms with Crippen LogP contribution in [0.3, 0.4) is 0 Å². The van der Waals surface area contributed by atoms with E-state index in [1.807, 2.05) is 19.1 Å². The first kappa shape index (κ1) is 15.1. The molecule has 2 aromatic carbocycles. The molecule has 0 aromatic heterocycles. The fourth-order valence-corrected chi connectivity index (χ4v) is 2.58. The molecule has 1 amide bonds. The Morgan fingerprint density at radius 2 is 1.80 bits per heavy atom. The number of phenolic OH excluding ortho intramolecular Hbond substituents is 1. The number of carbonyl (C=O) groups excluding carboxylic acids is 1. The summed E-state index contributed by atoms with van der Waals surface area (Å²) in [4.78, 5) is 12.3. The predicted octanol–water partition coefficient (Wildman–Crippen LogP) is 4.79. The molecule has 2 rings (SSSR count). The van der Waals surface area contributed by atoms with Crippen molar-refractivity contribution in [3.8, 4) is 5.75 Å². The molecule has 5 heteroatoms. The van der Waals surface area contributed by atoms with Crippen LogP contribution >= 0.6 is 31.9 Å². The van der Waals surface area contributed by atoms with Gasteiger partial charge in [-0.3, -0.25) is 4.79 Å². The van der Waals surface area contributed by atoms with Crippen LogP contribution in [0.2, 0.25) is 0 Å². The lowest BCUT2D eigenvalue weighted by Crippen LogP contribution is -2.13. The Balaban J connectivity index is 2.32. The smallest absolute Gasteiger partial charge is 0.256 e. The Labute approximate surface area is 134 Å². The van der Waals surface area contributed by atoms with Crippen molar-refractivity contribution in [2.45, 2.75) is 13.8 Å². The summed E-state index contributed by atoms with van der Waals surface area (Å²) in [5, 5.41) is 12.5. The first-order valence-electron chi connectivity index (χ1n) is 5.95. The minimum absolute atomic E-state index is 0.202. The normalized spacial score (nSPS) is 10.4. The van der Waals surface area contributed by atoms with Gasteiger partial charge in [-0.1, -0.05) is 15.9 Å². The Morgan fingerprint density at radius 3 is 2.50 bits per heavy atom. The molecule has 3 nitrogen and oxygen atoms in total. The highest BCUT2D eigenvalue weighted by atomic mass is 79.9. The van der Waals surface area contributed by atoms with Crippen molar-refractivity contribution in [2.75, 3.05) is 5.32 Å². The fraction of sp³-hybridized carbons (Fsp3) is 0.133. The number of halogens is 2. The highest BCUT2D eigenvalue weighted by molar-refractivity contribution is 9.11. The second-order valence-electron chi connectivity index (χ2n) is 4.53. The van der Waals surface area contributed by atoms with Gasteiger partial charge in [0.25, 0.3) is 5.91 Å². The van der Waals surface area contributed by atoms with Gasteiger partial charge in [-0.25, -0.2) is 0 Å². The number of hydrogen-bond acceptors (Lipinski definition) is 2. The monoisotopic (exact) mass is 397 g/mol. The van der Waals surface area contributed by atoms with Gasteiger partial charge >= 0.3 is 0 Å². The number of rotatable bonds is 2. The number of amides is 1. The summed E-state index contributed by atoms with van der Waals surface area (Å²) in [7, 11) is 0. The molecule has 2 aromatic rings. The molecule has 0 heterocycles. The summed E-state index contributed by atoms with van der Waals surface area (Å²) in [6, 6.07) is 8.82. The minimum atomic E-state index is -0.202. The Hall–Kier alpha value is -1.33. The van der Waals surface area contributed by atoms with Crippen molar-refractivity contribution in [3.63, 3.8) is 0 Å². The molecule has 0 aliphatic rings. The lowest BCUT2D eigenvalue weighted by molar-refractivity contribution is 0.102. The van der Waals surface area contributed by atoms with Crippen LogP contribution in [-0.2, 0) is 0 Å². The maximum atomic E-state index is 12.3. The summed E-state index contributed by atoms with van der Waals surface area (Å²) in [6.45, 7) is 3.63. The van der Waals surface area contributed by atoms with Crippen LogP contribution in [0.25, 0.3) is 0 Å². The molecule has 20 heavy (non-hydrogen) atoms. The van der Waals surface area contributed by atoms with Crippen LogP contribution in [0.1, 0.15) is 21.5 Å². The topological polar surface area (TPSA) is 49.3 Å². The molecular weight excluding hydrogens is 386 g/mol. The van der Waals surface area contributed by atoms with Crippen molar-refractivity contribution >= 4 is 43.5 Å². The third-order valence-corrected chi connectivity index (χ3v) is 4.15. The van der Waals surface area contributed by atoms with Crippen molar-refractivity contribution in [2.24, 2.45) is 0 Å². The fourth-order valence-electron chi connectivity index (χ4n) is 1.80. The molecule has 0 saturated heterocycles. The molecule has 0 aliphatic carbocycles. The van der Waals surface area contributed by atoms with Gasteiger partial charge in [0.05, 0.1) is 5.56 Å². The van der Waals surface area contributed by atoms with E-state index in [0.717, 1.165) is 20.1 Å². The maximum absolute atomic E-state index is 12.3. The van der Waals surface area contributed by atoms with E-state index >= 15 is 0 Å². The van der Waals surface area contributed by atoms with E-state index in [2.05, 4.69) is 37.2 Å². The molecule has 0 spiro atoms. The lowest BCUT2D eigenvalue weighted by atomic mass is 10.1. The SMILES string of the molecule is Cc1cc(NC(=O)c2cc(Br)ccc2Br)c(C)cc1O. The van der Waals surface area contributed by atoms with Crippen molar-refractivity contribution in [3.05, 3.63) is 56.0 Å². The van der Waals surface area contributed by atoms with Crippen LogP contribution in [-0.4, -0.2) is 11.0 Å².